The second-order valence-corrected chi connectivity index (χ2v) is 6.93. The first-order valence-corrected chi connectivity index (χ1v) is 8.50. The van der Waals surface area contributed by atoms with E-state index in [0.29, 0.717) is 18.7 Å². The third-order valence-corrected chi connectivity index (χ3v) is 4.00. The minimum atomic E-state index is -0.0691. The highest BCUT2D eigenvalue weighted by Crippen LogP contribution is 2.22. The van der Waals surface area contributed by atoms with Crippen LogP contribution in [0.5, 0.6) is 5.75 Å². The van der Waals surface area contributed by atoms with Gasteiger partial charge < -0.3 is 10.1 Å². The Bertz CT molecular complexity index is 652. The van der Waals surface area contributed by atoms with Crippen LogP contribution >= 0.6 is 0 Å². The van der Waals surface area contributed by atoms with Gasteiger partial charge in [-0.25, -0.2) is 0 Å². The number of nitrogens with one attached hydrogen (secondary N) is 1. The quantitative estimate of drug-likeness (QED) is 0.802. The van der Waals surface area contributed by atoms with Gasteiger partial charge in [0.05, 0.1) is 6.54 Å². The zero-order chi connectivity index (χ0) is 17.6. The molecular formula is C21H27NO2. The maximum atomic E-state index is 12.1. The van der Waals surface area contributed by atoms with E-state index < -0.39 is 0 Å². The van der Waals surface area contributed by atoms with Crippen molar-refractivity contribution in [2.75, 3.05) is 13.2 Å². The Labute approximate surface area is 145 Å². The third-order valence-electron chi connectivity index (χ3n) is 4.00. The normalized spacial score (nSPS) is 11.2. The van der Waals surface area contributed by atoms with E-state index in [1.807, 2.05) is 36.4 Å². The highest BCUT2D eigenvalue weighted by molar-refractivity contribution is 5.94. The Morgan fingerprint density at radius 2 is 1.62 bits per heavy atom. The van der Waals surface area contributed by atoms with E-state index in [-0.39, 0.29) is 11.3 Å². The lowest BCUT2D eigenvalue weighted by Crippen LogP contribution is -2.28. The first-order valence-electron chi connectivity index (χ1n) is 8.50. The molecule has 128 valence electrons. The SMILES string of the molecule is CCc1ccc(OCCNC(=O)c2ccc(C(C)(C)C)cc2)cc1. The minimum Gasteiger partial charge on any atom is -0.492 e. The largest absolute Gasteiger partial charge is 0.492 e. The maximum Gasteiger partial charge on any atom is 0.251 e. The number of carbonyl (C=O) groups excluding carboxylic acids is 1. The second kappa shape index (κ2) is 8.00. The molecule has 0 unspecified atom stereocenters. The zero-order valence-electron chi connectivity index (χ0n) is 15.1. The van der Waals surface area contributed by atoms with Crippen molar-refractivity contribution in [1.82, 2.24) is 5.32 Å². The van der Waals surface area contributed by atoms with Gasteiger partial charge in [-0.3, -0.25) is 4.79 Å². The molecule has 0 heterocycles. The third kappa shape index (κ3) is 5.12. The molecule has 0 fully saturated rings. The van der Waals surface area contributed by atoms with Gasteiger partial charge in [-0.15, -0.1) is 0 Å². The Hall–Kier alpha value is -2.29. The van der Waals surface area contributed by atoms with Crippen LogP contribution in [0.25, 0.3) is 0 Å². The minimum absolute atomic E-state index is 0.0691. The van der Waals surface area contributed by atoms with Crippen LogP contribution in [0.15, 0.2) is 48.5 Å². The van der Waals surface area contributed by atoms with Gasteiger partial charge in [0.1, 0.15) is 12.4 Å². The van der Waals surface area contributed by atoms with E-state index in [9.17, 15) is 4.79 Å². The molecule has 0 aliphatic heterocycles. The van der Waals surface area contributed by atoms with E-state index in [1.165, 1.54) is 11.1 Å². The summed E-state index contributed by atoms with van der Waals surface area (Å²) in [4.78, 5) is 12.1. The van der Waals surface area contributed by atoms with E-state index in [0.717, 1.165) is 12.2 Å². The Kier molecular flexibility index (Phi) is 6.02. The number of benzene rings is 2. The first-order chi connectivity index (χ1) is 11.4. The summed E-state index contributed by atoms with van der Waals surface area (Å²) in [6, 6.07) is 15.8. The van der Waals surface area contributed by atoms with Crippen LogP contribution < -0.4 is 10.1 Å². The monoisotopic (exact) mass is 325 g/mol. The van der Waals surface area contributed by atoms with Crippen molar-refractivity contribution in [3.63, 3.8) is 0 Å². The second-order valence-electron chi connectivity index (χ2n) is 6.93. The topological polar surface area (TPSA) is 38.3 Å². The van der Waals surface area contributed by atoms with Gasteiger partial charge in [-0.05, 0) is 47.2 Å². The lowest BCUT2D eigenvalue weighted by Gasteiger charge is -2.19. The molecule has 1 N–H and O–H groups in total. The fourth-order valence-corrected chi connectivity index (χ4v) is 2.38. The molecule has 2 aromatic rings. The van der Waals surface area contributed by atoms with Crippen LogP contribution in [0.1, 0.15) is 49.2 Å². The van der Waals surface area contributed by atoms with Crippen molar-refractivity contribution < 1.29 is 9.53 Å². The highest BCUT2D eigenvalue weighted by atomic mass is 16.5. The fraction of sp³-hybridized carbons (Fsp3) is 0.381. The summed E-state index contributed by atoms with van der Waals surface area (Å²) in [5, 5.41) is 2.89. The number of amides is 1. The van der Waals surface area contributed by atoms with E-state index in [2.05, 4.69) is 45.1 Å². The predicted molar refractivity (Wildman–Crippen MR) is 98.8 cm³/mol. The van der Waals surface area contributed by atoms with Crippen molar-refractivity contribution >= 4 is 5.91 Å². The number of aryl methyl sites for hydroxylation is 1. The summed E-state index contributed by atoms with van der Waals surface area (Å²) in [5.41, 5.74) is 3.28. The van der Waals surface area contributed by atoms with E-state index >= 15 is 0 Å². The Morgan fingerprint density at radius 1 is 1.00 bits per heavy atom. The van der Waals surface area contributed by atoms with Gasteiger partial charge in [-0.2, -0.15) is 0 Å². The molecule has 0 spiro atoms. The molecule has 0 saturated carbocycles. The molecule has 2 aromatic carbocycles. The predicted octanol–water partition coefficient (Wildman–Crippen LogP) is 4.36. The lowest BCUT2D eigenvalue weighted by molar-refractivity contribution is 0.0947. The van der Waals surface area contributed by atoms with Crippen LogP contribution in [0.2, 0.25) is 0 Å². The van der Waals surface area contributed by atoms with E-state index in [1.54, 1.807) is 0 Å². The molecule has 24 heavy (non-hydrogen) atoms. The lowest BCUT2D eigenvalue weighted by atomic mass is 9.87. The summed E-state index contributed by atoms with van der Waals surface area (Å²) in [7, 11) is 0. The first kappa shape index (κ1) is 18.1. The molecular weight excluding hydrogens is 298 g/mol. The Morgan fingerprint density at radius 3 is 2.17 bits per heavy atom. The number of rotatable bonds is 6. The molecule has 0 atom stereocenters. The summed E-state index contributed by atoms with van der Waals surface area (Å²) in [6.07, 6.45) is 1.02. The van der Waals surface area contributed by atoms with Gasteiger partial charge >= 0.3 is 0 Å². The van der Waals surface area contributed by atoms with Crippen LogP contribution in [-0.4, -0.2) is 19.1 Å². The van der Waals surface area contributed by atoms with Crippen molar-refractivity contribution in [2.45, 2.75) is 39.5 Å². The van der Waals surface area contributed by atoms with Gasteiger partial charge in [0, 0.05) is 5.56 Å². The summed E-state index contributed by atoms with van der Waals surface area (Å²) >= 11 is 0. The number of ether oxygens (including phenoxy) is 1. The molecule has 0 aliphatic rings. The van der Waals surface area contributed by atoms with Crippen molar-refractivity contribution in [3.05, 3.63) is 65.2 Å². The number of hydrogen-bond acceptors (Lipinski definition) is 2. The Balaban J connectivity index is 1.78. The molecule has 2 rings (SSSR count). The molecule has 0 aromatic heterocycles. The van der Waals surface area contributed by atoms with Crippen molar-refractivity contribution in [1.29, 1.82) is 0 Å². The molecule has 0 bridgehead atoms. The average Bonchev–Trinajstić information content (AvgIpc) is 2.58. The van der Waals surface area contributed by atoms with Gasteiger partial charge in [0.25, 0.3) is 5.91 Å². The van der Waals surface area contributed by atoms with Crippen molar-refractivity contribution in [2.24, 2.45) is 0 Å². The molecule has 0 saturated heterocycles. The summed E-state index contributed by atoms with van der Waals surface area (Å²) in [6.45, 7) is 9.54. The average molecular weight is 325 g/mol. The van der Waals surface area contributed by atoms with Crippen LogP contribution in [-0.2, 0) is 11.8 Å². The molecule has 3 heteroatoms. The van der Waals surface area contributed by atoms with Crippen LogP contribution in [0, 0.1) is 0 Å². The maximum absolute atomic E-state index is 12.1. The fourth-order valence-electron chi connectivity index (χ4n) is 2.38. The van der Waals surface area contributed by atoms with Crippen molar-refractivity contribution in [3.8, 4) is 5.75 Å². The zero-order valence-corrected chi connectivity index (χ0v) is 15.1. The molecule has 0 aliphatic carbocycles. The highest BCUT2D eigenvalue weighted by Gasteiger charge is 2.14. The molecule has 3 nitrogen and oxygen atoms in total. The summed E-state index contributed by atoms with van der Waals surface area (Å²) < 4.78 is 5.64. The standard InChI is InChI=1S/C21H27NO2/c1-5-16-6-12-19(13-7-16)24-15-14-22-20(23)17-8-10-18(11-9-17)21(2,3)4/h6-13H,5,14-15H2,1-4H3,(H,22,23). The molecule has 1 amide bonds. The number of hydrogen-bond donors (Lipinski definition) is 1. The smallest absolute Gasteiger partial charge is 0.251 e. The van der Waals surface area contributed by atoms with Gasteiger partial charge in [0.2, 0.25) is 0 Å². The van der Waals surface area contributed by atoms with Crippen LogP contribution in [0.3, 0.4) is 0 Å². The number of carbonyl (C=O) groups is 1. The van der Waals surface area contributed by atoms with Gasteiger partial charge in [-0.1, -0.05) is 52.0 Å². The van der Waals surface area contributed by atoms with E-state index in [4.69, 9.17) is 4.74 Å². The molecule has 0 radical (unpaired) electrons. The van der Waals surface area contributed by atoms with Crippen LogP contribution in [0.4, 0.5) is 0 Å². The van der Waals surface area contributed by atoms with Gasteiger partial charge in [0.15, 0.2) is 0 Å². The summed E-state index contributed by atoms with van der Waals surface area (Å²) in [5.74, 6) is 0.761.